The molecule has 0 saturated heterocycles. The molecule has 7 heteroatoms. The average Bonchev–Trinajstić information content (AvgIpc) is 3.14. The minimum atomic E-state index is -0.638. The highest BCUT2D eigenvalue weighted by Gasteiger charge is 2.17. The highest BCUT2D eigenvalue weighted by atomic mass is 35.5. The van der Waals surface area contributed by atoms with Gasteiger partial charge in [-0.2, -0.15) is 0 Å². The van der Waals surface area contributed by atoms with Crippen LogP contribution in [0.3, 0.4) is 0 Å². The molecule has 0 aliphatic carbocycles. The van der Waals surface area contributed by atoms with Crippen LogP contribution in [-0.2, 0) is 14.3 Å². The number of esters is 1. The molecule has 2 aromatic rings. The molecule has 3 rings (SSSR count). The Bertz CT molecular complexity index is 923. The van der Waals surface area contributed by atoms with Gasteiger partial charge in [-0.25, -0.2) is 4.79 Å². The van der Waals surface area contributed by atoms with Crippen LogP contribution in [0, 0.1) is 0 Å². The summed E-state index contributed by atoms with van der Waals surface area (Å²) in [5.41, 5.74) is 2.38. The number of para-hydroxylation sites is 1. The molecule has 0 radical (unpaired) electrons. The molecule has 0 bridgehead atoms. The number of fused-ring (bicyclic) bond motifs is 1. The van der Waals surface area contributed by atoms with Crippen LogP contribution in [0.2, 0.25) is 5.02 Å². The van der Waals surface area contributed by atoms with Crippen LogP contribution in [0.15, 0.2) is 42.5 Å². The van der Waals surface area contributed by atoms with E-state index in [1.165, 1.54) is 12.2 Å². The summed E-state index contributed by atoms with van der Waals surface area (Å²) in [6.07, 6.45) is 2.76. The van der Waals surface area contributed by atoms with Crippen LogP contribution < -0.4 is 14.8 Å². The molecule has 1 amide bonds. The van der Waals surface area contributed by atoms with Gasteiger partial charge in [0, 0.05) is 11.8 Å². The summed E-state index contributed by atoms with van der Waals surface area (Å²) in [6.45, 7) is 3.81. The number of carbonyl (C=O) groups is 2. The maximum atomic E-state index is 12.1. The number of hydrogen-bond donors (Lipinski definition) is 1. The van der Waals surface area contributed by atoms with Crippen LogP contribution in [0.25, 0.3) is 6.08 Å². The quantitative estimate of drug-likeness (QED) is 0.574. The summed E-state index contributed by atoms with van der Waals surface area (Å²) in [4.78, 5) is 24.0. The lowest BCUT2D eigenvalue weighted by molar-refractivity contribution is -0.142. The van der Waals surface area contributed by atoms with Crippen LogP contribution in [0.4, 0.5) is 5.69 Å². The normalized spacial score (nSPS) is 12.4. The summed E-state index contributed by atoms with van der Waals surface area (Å²) in [5.74, 6) is 0.223. The van der Waals surface area contributed by atoms with E-state index in [9.17, 15) is 9.59 Å². The molecule has 146 valence electrons. The number of anilines is 1. The molecule has 1 aliphatic rings. The monoisotopic (exact) mass is 401 g/mol. The van der Waals surface area contributed by atoms with E-state index < -0.39 is 11.9 Å². The minimum absolute atomic E-state index is 0.110. The first kappa shape index (κ1) is 19.8. The van der Waals surface area contributed by atoms with Crippen molar-refractivity contribution in [3.8, 4) is 11.5 Å². The van der Waals surface area contributed by atoms with Gasteiger partial charge in [-0.15, -0.1) is 0 Å². The molecule has 1 heterocycles. The van der Waals surface area contributed by atoms with Gasteiger partial charge in [0.1, 0.15) is 0 Å². The maximum Gasteiger partial charge on any atom is 0.331 e. The third kappa shape index (κ3) is 4.84. The van der Waals surface area contributed by atoms with E-state index in [0.717, 1.165) is 5.56 Å². The standard InChI is InChI=1S/C21H20ClNO5/c1-13(2)15-5-3-4-6-17(15)23-19(24)11-26-20(25)8-7-14-9-16(22)21-18(10-14)27-12-28-21/h3-10,13H,11-12H2,1-2H3,(H,23,24)/b8-7+. The Kier molecular flexibility index (Phi) is 6.21. The van der Waals surface area contributed by atoms with Crippen LogP contribution >= 0.6 is 11.6 Å². The number of ether oxygens (including phenoxy) is 3. The topological polar surface area (TPSA) is 73.9 Å². The van der Waals surface area contributed by atoms with Crippen molar-refractivity contribution in [3.05, 3.63) is 58.6 Å². The van der Waals surface area contributed by atoms with E-state index in [-0.39, 0.29) is 19.3 Å². The smallest absolute Gasteiger partial charge is 0.331 e. The van der Waals surface area contributed by atoms with Gasteiger partial charge in [0.15, 0.2) is 18.1 Å². The van der Waals surface area contributed by atoms with Crippen molar-refractivity contribution in [1.82, 2.24) is 0 Å². The minimum Gasteiger partial charge on any atom is -0.454 e. The fourth-order valence-corrected chi connectivity index (χ4v) is 3.01. The molecule has 2 aromatic carbocycles. The molecule has 0 spiro atoms. The fourth-order valence-electron chi connectivity index (χ4n) is 2.73. The first-order valence-electron chi connectivity index (χ1n) is 8.77. The van der Waals surface area contributed by atoms with Crippen molar-refractivity contribution in [1.29, 1.82) is 0 Å². The fraction of sp³-hybridized carbons (Fsp3) is 0.238. The maximum absolute atomic E-state index is 12.1. The Labute approximate surface area is 168 Å². The summed E-state index contributed by atoms with van der Waals surface area (Å²) in [7, 11) is 0. The molecule has 1 N–H and O–H groups in total. The second-order valence-corrected chi connectivity index (χ2v) is 6.87. The van der Waals surface area contributed by atoms with Crippen molar-refractivity contribution >= 4 is 35.2 Å². The van der Waals surface area contributed by atoms with Gasteiger partial charge in [0.05, 0.1) is 5.02 Å². The van der Waals surface area contributed by atoms with E-state index in [2.05, 4.69) is 5.32 Å². The number of hydrogen-bond acceptors (Lipinski definition) is 5. The zero-order valence-corrected chi connectivity index (χ0v) is 16.3. The zero-order valence-electron chi connectivity index (χ0n) is 15.5. The lowest BCUT2D eigenvalue weighted by atomic mass is 10.0. The van der Waals surface area contributed by atoms with Crippen LogP contribution in [0.1, 0.15) is 30.9 Å². The van der Waals surface area contributed by atoms with Crippen molar-refractivity contribution in [2.45, 2.75) is 19.8 Å². The lowest BCUT2D eigenvalue weighted by Crippen LogP contribution is -2.21. The summed E-state index contributed by atoms with van der Waals surface area (Å²) >= 11 is 6.10. The number of halogens is 1. The van der Waals surface area contributed by atoms with E-state index in [1.54, 1.807) is 12.1 Å². The van der Waals surface area contributed by atoms with Gasteiger partial charge in [-0.1, -0.05) is 43.6 Å². The summed E-state index contributed by atoms with van der Waals surface area (Å²) in [6, 6.07) is 10.9. The third-order valence-corrected chi connectivity index (χ3v) is 4.34. The molecule has 28 heavy (non-hydrogen) atoms. The van der Waals surface area contributed by atoms with Gasteiger partial charge in [-0.3, -0.25) is 4.79 Å². The number of nitrogens with one attached hydrogen (secondary N) is 1. The number of benzene rings is 2. The summed E-state index contributed by atoms with van der Waals surface area (Å²) < 4.78 is 15.5. The van der Waals surface area contributed by atoms with Crippen LogP contribution in [-0.4, -0.2) is 25.3 Å². The van der Waals surface area contributed by atoms with Crippen molar-refractivity contribution in [2.24, 2.45) is 0 Å². The predicted molar refractivity (Wildman–Crippen MR) is 107 cm³/mol. The molecule has 1 aliphatic heterocycles. The molecule has 0 saturated carbocycles. The van der Waals surface area contributed by atoms with Crippen molar-refractivity contribution < 1.29 is 23.8 Å². The lowest BCUT2D eigenvalue weighted by Gasteiger charge is -2.13. The van der Waals surface area contributed by atoms with Gasteiger partial charge >= 0.3 is 5.97 Å². The third-order valence-electron chi connectivity index (χ3n) is 4.06. The Balaban J connectivity index is 1.54. The number of amides is 1. The van der Waals surface area contributed by atoms with Gasteiger partial charge in [-0.05, 0) is 41.3 Å². The largest absolute Gasteiger partial charge is 0.454 e. The molecule has 0 aromatic heterocycles. The Morgan fingerprint density at radius 3 is 2.82 bits per heavy atom. The van der Waals surface area contributed by atoms with Crippen molar-refractivity contribution in [3.63, 3.8) is 0 Å². The van der Waals surface area contributed by atoms with Crippen LogP contribution in [0.5, 0.6) is 11.5 Å². The number of carbonyl (C=O) groups excluding carboxylic acids is 2. The van der Waals surface area contributed by atoms with E-state index in [0.29, 0.717) is 27.8 Å². The van der Waals surface area contributed by atoms with Gasteiger partial charge < -0.3 is 19.5 Å². The van der Waals surface area contributed by atoms with Gasteiger partial charge in [0.25, 0.3) is 5.91 Å². The SMILES string of the molecule is CC(C)c1ccccc1NC(=O)COC(=O)/C=C/c1cc(Cl)c2c(c1)OCO2. The zero-order chi connectivity index (χ0) is 20.1. The van der Waals surface area contributed by atoms with Crippen molar-refractivity contribution in [2.75, 3.05) is 18.7 Å². The summed E-state index contributed by atoms with van der Waals surface area (Å²) in [5, 5.41) is 3.16. The second-order valence-electron chi connectivity index (χ2n) is 6.47. The molecule has 0 unspecified atom stereocenters. The number of rotatable bonds is 6. The van der Waals surface area contributed by atoms with E-state index in [4.69, 9.17) is 25.8 Å². The first-order valence-corrected chi connectivity index (χ1v) is 9.14. The molecule has 0 fully saturated rings. The Morgan fingerprint density at radius 2 is 2.04 bits per heavy atom. The van der Waals surface area contributed by atoms with E-state index >= 15 is 0 Å². The highest BCUT2D eigenvalue weighted by molar-refractivity contribution is 6.32. The molecular weight excluding hydrogens is 382 g/mol. The van der Waals surface area contributed by atoms with Gasteiger partial charge in [0.2, 0.25) is 6.79 Å². The molecular formula is C21H20ClNO5. The second kappa shape index (κ2) is 8.80. The predicted octanol–water partition coefficient (Wildman–Crippen LogP) is 4.39. The van der Waals surface area contributed by atoms with E-state index in [1.807, 2.05) is 38.1 Å². The Hall–Kier alpha value is -2.99. The highest BCUT2D eigenvalue weighted by Crippen LogP contribution is 2.40. The Morgan fingerprint density at radius 1 is 1.25 bits per heavy atom. The first-order chi connectivity index (χ1) is 13.4. The average molecular weight is 402 g/mol. The molecule has 0 atom stereocenters. The molecule has 6 nitrogen and oxygen atoms in total.